The van der Waals surface area contributed by atoms with Crippen molar-refractivity contribution in [3.63, 3.8) is 0 Å². The fraction of sp³-hybridized carbons (Fsp3) is 0.667. The van der Waals surface area contributed by atoms with Crippen LogP contribution in [-0.4, -0.2) is 37.2 Å². The van der Waals surface area contributed by atoms with Gasteiger partial charge in [0.05, 0.1) is 6.10 Å². The van der Waals surface area contributed by atoms with E-state index in [0.717, 1.165) is 32.8 Å². The number of rotatable bonds is 8. The first-order chi connectivity index (χ1) is 10.3. The van der Waals surface area contributed by atoms with Gasteiger partial charge in [-0.25, -0.2) is 0 Å². The van der Waals surface area contributed by atoms with Crippen molar-refractivity contribution in [2.24, 2.45) is 0 Å². The van der Waals surface area contributed by atoms with E-state index in [0.29, 0.717) is 6.10 Å². The summed E-state index contributed by atoms with van der Waals surface area (Å²) in [4.78, 5) is 2.54. The van der Waals surface area contributed by atoms with Crippen LogP contribution in [0.15, 0.2) is 24.3 Å². The van der Waals surface area contributed by atoms with Crippen molar-refractivity contribution < 1.29 is 4.74 Å². The molecule has 0 radical (unpaired) electrons. The molecule has 1 saturated heterocycles. The Morgan fingerprint density at radius 2 is 2.05 bits per heavy atom. The lowest BCUT2D eigenvalue weighted by molar-refractivity contribution is 0.00356. The second kappa shape index (κ2) is 9.19. The molecular formula is C18H30N2O. The second-order valence-electron chi connectivity index (χ2n) is 5.90. The highest BCUT2D eigenvalue weighted by molar-refractivity contribution is 5.27. The molecule has 1 unspecified atom stereocenters. The van der Waals surface area contributed by atoms with Crippen LogP contribution in [0.4, 0.5) is 0 Å². The van der Waals surface area contributed by atoms with Gasteiger partial charge in [-0.15, -0.1) is 0 Å². The molecule has 1 N–H and O–H groups in total. The molecule has 1 aromatic rings. The Kier molecular flexibility index (Phi) is 7.20. The molecule has 0 aromatic heterocycles. The largest absolute Gasteiger partial charge is 0.377 e. The summed E-state index contributed by atoms with van der Waals surface area (Å²) in [6, 6.07) is 8.82. The first kappa shape index (κ1) is 16.5. The number of hydrogen-bond donors (Lipinski definition) is 1. The van der Waals surface area contributed by atoms with E-state index in [9.17, 15) is 0 Å². The van der Waals surface area contributed by atoms with E-state index in [4.69, 9.17) is 4.74 Å². The van der Waals surface area contributed by atoms with Gasteiger partial charge in [-0.3, -0.25) is 4.90 Å². The number of benzene rings is 1. The molecule has 3 heteroatoms. The maximum Gasteiger partial charge on any atom is 0.0702 e. The summed E-state index contributed by atoms with van der Waals surface area (Å²) >= 11 is 0. The minimum atomic E-state index is 0.425. The van der Waals surface area contributed by atoms with E-state index < -0.39 is 0 Å². The molecule has 1 aromatic carbocycles. The van der Waals surface area contributed by atoms with Crippen LogP contribution < -0.4 is 5.32 Å². The minimum absolute atomic E-state index is 0.425. The SMILES string of the molecule is CCCNCc1ccccc1CN1CCCC(OCC)C1. The lowest BCUT2D eigenvalue weighted by atomic mass is 10.0. The standard InChI is InChI=1S/C18H30N2O/c1-3-11-19-13-16-8-5-6-9-17(16)14-20-12-7-10-18(15-20)21-4-2/h5-6,8-9,18-19H,3-4,7,10-15H2,1-2H3. The Morgan fingerprint density at radius 1 is 1.24 bits per heavy atom. The van der Waals surface area contributed by atoms with Gasteiger partial charge in [0.2, 0.25) is 0 Å². The van der Waals surface area contributed by atoms with Crippen LogP contribution in [-0.2, 0) is 17.8 Å². The fourth-order valence-electron chi connectivity index (χ4n) is 3.05. The van der Waals surface area contributed by atoms with E-state index in [-0.39, 0.29) is 0 Å². The first-order valence-corrected chi connectivity index (χ1v) is 8.45. The molecule has 21 heavy (non-hydrogen) atoms. The molecule has 1 aliphatic heterocycles. The number of ether oxygens (including phenoxy) is 1. The summed E-state index contributed by atoms with van der Waals surface area (Å²) in [5, 5.41) is 3.51. The smallest absolute Gasteiger partial charge is 0.0702 e. The molecule has 0 aliphatic carbocycles. The molecule has 118 valence electrons. The van der Waals surface area contributed by atoms with Crippen molar-refractivity contribution >= 4 is 0 Å². The van der Waals surface area contributed by atoms with Gasteiger partial charge in [-0.2, -0.15) is 0 Å². The fourth-order valence-corrected chi connectivity index (χ4v) is 3.05. The van der Waals surface area contributed by atoms with Gasteiger partial charge in [-0.05, 0) is 50.4 Å². The predicted octanol–water partition coefficient (Wildman–Crippen LogP) is 3.19. The van der Waals surface area contributed by atoms with Crippen LogP contribution in [0.2, 0.25) is 0 Å². The minimum Gasteiger partial charge on any atom is -0.377 e. The number of hydrogen-bond acceptors (Lipinski definition) is 3. The molecule has 1 heterocycles. The maximum absolute atomic E-state index is 5.81. The third-order valence-corrected chi connectivity index (χ3v) is 4.12. The van der Waals surface area contributed by atoms with Crippen molar-refractivity contribution in [3.05, 3.63) is 35.4 Å². The van der Waals surface area contributed by atoms with Crippen LogP contribution in [0.1, 0.15) is 44.2 Å². The molecule has 3 nitrogen and oxygen atoms in total. The van der Waals surface area contributed by atoms with Crippen LogP contribution in [0, 0.1) is 0 Å². The van der Waals surface area contributed by atoms with Crippen molar-refractivity contribution in [1.29, 1.82) is 0 Å². The summed E-state index contributed by atoms with van der Waals surface area (Å²) < 4.78 is 5.81. The quantitative estimate of drug-likeness (QED) is 0.744. The Morgan fingerprint density at radius 3 is 2.81 bits per heavy atom. The summed E-state index contributed by atoms with van der Waals surface area (Å²) in [6.07, 6.45) is 4.07. The Balaban J connectivity index is 1.92. The predicted molar refractivity (Wildman–Crippen MR) is 88.4 cm³/mol. The molecule has 1 aliphatic rings. The van der Waals surface area contributed by atoms with Crippen LogP contribution in [0.3, 0.4) is 0 Å². The van der Waals surface area contributed by atoms with Crippen molar-refractivity contribution in [2.45, 2.75) is 52.3 Å². The number of likely N-dealkylation sites (tertiary alicyclic amines) is 1. The lowest BCUT2D eigenvalue weighted by Crippen LogP contribution is -2.39. The van der Waals surface area contributed by atoms with Gasteiger partial charge >= 0.3 is 0 Å². The Labute approximate surface area is 129 Å². The first-order valence-electron chi connectivity index (χ1n) is 8.45. The number of nitrogens with one attached hydrogen (secondary N) is 1. The highest BCUT2D eigenvalue weighted by Gasteiger charge is 2.20. The van der Waals surface area contributed by atoms with E-state index in [1.165, 1.54) is 36.9 Å². The third kappa shape index (κ3) is 5.42. The Bertz CT molecular complexity index is 406. The van der Waals surface area contributed by atoms with Crippen molar-refractivity contribution in [2.75, 3.05) is 26.2 Å². The van der Waals surface area contributed by atoms with E-state index in [2.05, 4.69) is 48.3 Å². The zero-order valence-electron chi connectivity index (χ0n) is 13.6. The summed E-state index contributed by atoms with van der Waals surface area (Å²) in [6.45, 7) is 10.5. The van der Waals surface area contributed by atoms with E-state index in [1.807, 2.05) is 0 Å². The van der Waals surface area contributed by atoms with Crippen molar-refractivity contribution in [3.8, 4) is 0 Å². The maximum atomic E-state index is 5.81. The normalized spacial score (nSPS) is 19.8. The zero-order chi connectivity index (χ0) is 14.9. The van der Waals surface area contributed by atoms with Gasteiger partial charge < -0.3 is 10.1 Å². The van der Waals surface area contributed by atoms with Crippen LogP contribution in [0.5, 0.6) is 0 Å². The third-order valence-electron chi connectivity index (χ3n) is 4.12. The molecule has 2 rings (SSSR count). The molecule has 0 bridgehead atoms. The monoisotopic (exact) mass is 290 g/mol. The zero-order valence-corrected chi connectivity index (χ0v) is 13.6. The average molecular weight is 290 g/mol. The van der Waals surface area contributed by atoms with Gasteiger partial charge in [0.15, 0.2) is 0 Å². The van der Waals surface area contributed by atoms with Crippen LogP contribution >= 0.6 is 0 Å². The number of nitrogens with zero attached hydrogens (tertiary/aromatic N) is 1. The number of piperidine rings is 1. The van der Waals surface area contributed by atoms with E-state index >= 15 is 0 Å². The summed E-state index contributed by atoms with van der Waals surface area (Å²) in [7, 11) is 0. The topological polar surface area (TPSA) is 24.5 Å². The average Bonchev–Trinajstić information content (AvgIpc) is 2.50. The second-order valence-corrected chi connectivity index (χ2v) is 5.90. The lowest BCUT2D eigenvalue weighted by Gasteiger charge is -2.33. The molecule has 0 saturated carbocycles. The molecule has 1 fully saturated rings. The van der Waals surface area contributed by atoms with Gasteiger partial charge in [0, 0.05) is 26.2 Å². The van der Waals surface area contributed by atoms with Gasteiger partial charge in [-0.1, -0.05) is 31.2 Å². The Hall–Kier alpha value is -0.900. The van der Waals surface area contributed by atoms with E-state index in [1.54, 1.807) is 0 Å². The van der Waals surface area contributed by atoms with Crippen LogP contribution in [0.25, 0.3) is 0 Å². The molecule has 0 spiro atoms. The van der Waals surface area contributed by atoms with Gasteiger partial charge in [0.25, 0.3) is 0 Å². The summed E-state index contributed by atoms with van der Waals surface area (Å²) in [5.41, 5.74) is 2.89. The highest BCUT2D eigenvalue weighted by atomic mass is 16.5. The molecular weight excluding hydrogens is 260 g/mol. The van der Waals surface area contributed by atoms with Crippen molar-refractivity contribution in [1.82, 2.24) is 10.2 Å². The molecule has 0 amide bonds. The molecule has 1 atom stereocenters. The highest BCUT2D eigenvalue weighted by Crippen LogP contribution is 2.18. The summed E-state index contributed by atoms with van der Waals surface area (Å²) in [5.74, 6) is 0. The van der Waals surface area contributed by atoms with Gasteiger partial charge in [0.1, 0.15) is 0 Å².